The van der Waals surface area contributed by atoms with Crippen molar-refractivity contribution in [2.45, 2.75) is 32.7 Å². The minimum Gasteiger partial charge on any atom is -0.381 e. The molecule has 6 heteroatoms. The number of rotatable bonds is 9. The number of hydrogen-bond acceptors (Lipinski definition) is 3. The summed E-state index contributed by atoms with van der Waals surface area (Å²) in [7, 11) is 0. The maximum absolute atomic E-state index is 12.5. The first-order valence-electron chi connectivity index (χ1n) is 8.62. The molecule has 0 N–H and O–H groups in total. The molecule has 1 aromatic carbocycles. The molecule has 0 aliphatic carbocycles. The fraction of sp³-hybridized carbons (Fsp3) is 0.611. The van der Waals surface area contributed by atoms with E-state index in [1.807, 2.05) is 24.0 Å². The minimum atomic E-state index is 0.119. The second-order valence-corrected chi connectivity index (χ2v) is 6.87. The number of carbonyl (C=O) groups excluding carboxylic acids is 1. The maximum atomic E-state index is 12.5. The number of hydrogen-bond donors (Lipinski definition) is 0. The average molecular weight is 373 g/mol. The van der Waals surface area contributed by atoms with Gasteiger partial charge in [-0.2, -0.15) is 0 Å². The van der Waals surface area contributed by atoms with Gasteiger partial charge in [0.1, 0.15) is 0 Å². The van der Waals surface area contributed by atoms with E-state index >= 15 is 0 Å². The lowest BCUT2D eigenvalue weighted by molar-refractivity contribution is -0.133. The fourth-order valence-electron chi connectivity index (χ4n) is 2.88. The predicted octanol–water partition coefficient (Wildman–Crippen LogP) is 3.84. The summed E-state index contributed by atoms with van der Waals surface area (Å²) in [5.41, 5.74) is 0.996. The molecular weight excluding hydrogens is 347 g/mol. The molecule has 24 heavy (non-hydrogen) atoms. The Morgan fingerprint density at radius 3 is 2.67 bits per heavy atom. The molecule has 0 saturated carbocycles. The zero-order valence-electron chi connectivity index (χ0n) is 14.3. The van der Waals surface area contributed by atoms with Gasteiger partial charge in [-0.05, 0) is 50.6 Å². The van der Waals surface area contributed by atoms with Crippen molar-refractivity contribution in [2.75, 3.05) is 39.4 Å². The molecule has 2 rings (SSSR count). The zero-order chi connectivity index (χ0) is 17.4. The van der Waals surface area contributed by atoms with Gasteiger partial charge in [0.05, 0.1) is 23.1 Å². The third-order valence-corrected chi connectivity index (χ3v) is 5.00. The third kappa shape index (κ3) is 6.25. The molecule has 1 aromatic rings. The lowest BCUT2D eigenvalue weighted by Gasteiger charge is -2.26. The quantitative estimate of drug-likeness (QED) is 0.617. The summed E-state index contributed by atoms with van der Waals surface area (Å²) in [5.74, 6) is 0.119. The molecule has 1 aliphatic rings. The van der Waals surface area contributed by atoms with E-state index in [2.05, 4.69) is 4.90 Å². The standard InChI is InChI=1S/C18H26Cl2N2O2/c1-2-24-12-7-18(23)22(11-10-21-8-3-4-9-21)14-15-5-6-16(19)17(20)13-15/h5-6,13H,2-4,7-12,14H2,1H3. The van der Waals surface area contributed by atoms with E-state index in [1.165, 1.54) is 12.8 Å². The summed E-state index contributed by atoms with van der Waals surface area (Å²) in [6.45, 7) is 7.50. The molecule has 0 aromatic heterocycles. The van der Waals surface area contributed by atoms with Crippen molar-refractivity contribution in [2.24, 2.45) is 0 Å². The molecule has 1 saturated heterocycles. The highest BCUT2D eigenvalue weighted by Gasteiger charge is 2.17. The van der Waals surface area contributed by atoms with Gasteiger partial charge in [-0.3, -0.25) is 4.79 Å². The van der Waals surface area contributed by atoms with Gasteiger partial charge >= 0.3 is 0 Å². The summed E-state index contributed by atoms with van der Waals surface area (Å²) < 4.78 is 5.32. The first kappa shape index (κ1) is 19.5. The number of benzene rings is 1. The van der Waals surface area contributed by atoms with Gasteiger partial charge in [-0.15, -0.1) is 0 Å². The number of nitrogens with zero attached hydrogens (tertiary/aromatic N) is 2. The molecule has 1 aliphatic heterocycles. The van der Waals surface area contributed by atoms with Gasteiger partial charge in [-0.25, -0.2) is 0 Å². The van der Waals surface area contributed by atoms with E-state index in [4.69, 9.17) is 27.9 Å². The van der Waals surface area contributed by atoms with Crippen LogP contribution in [0, 0.1) is 0 Å². The molecule has 0 spiro atoms. The van der Waals surface area contributed by atoms with Crippen molar-refractivity contribution in [3.8, 4) is 0 Å². The fourth-order valence-corrected chi connectivity index (χ4v) is 3.20. The van der Waals surface area contributed by atoms with Crippen LogP contribution in [0.15, 0.2) is 18.2 Å². The first-order chi connectivity index (χ1) is 11.6. The van der Waals surface area contributed by atoms with Crippen LogP contribution in [0.4, 0.5) is 0 Å². The molecule has 0 unspecified atom stereocenters. The summed E-state index contributed by atoms with van der Waals surface area (Å²) in [5, 5.41) is 1.06. The van der Waals surface area contributed by atoms with Crippen LogP contribution in [0.25, 0.3) is 0 Å². The first-order valence-corrected chi connectivity index (χ1v) is 9.37. The van der Waals surface area contributed by atoms with Gasteiger partial charge < -0.3 is 14.5 Å². The van der Waals surface area contributed by atoms with E-state index in [0.717, 1.165) is 31.7 Å². The van der Waals surface area contributed by atoms with Crippen LogP contribution < -0.4 is 0 Å². The predicted molar refractivity (Wildman–Crippen MR) is 98.7 cm³/mol. The van der Waals surface area contributed by atoms with Gasteiger partial charge in [0, 0.05) is 26.2 Å². The van der Waals surface area contributed by atoms with Gasteiger partial charge in [0.2, 0.25) is 5.91 Å². The molecule has 1 heterocycles. The number of likely N-dealkylation sites (tertiary alicyclic amines) is 1. The van der Waals surface area contributed by atoms with E-state index in [1.54, 1.807) is 6.07 Å². The second kappa shape index (κ2) is 10.2. The molecule has 134 valence electrons. The van der Waals surface area contributed by atoms with E-state index in [9.17, 15) is 4.79 Å². The minimum absolute atomic E-state index is 0.119. The molecule has 1 amide bonds. The summed E-state index contributed by atoms with van der Waals surface area (Å²) >= 11 is 12.1. The Labute approximate surface area is 154 Å². The molecule has 4 nitrogen and oxygen atoms in total. The molecule has 1 fully saturated rings. The third-order valence-electron chi connectivity index (χ3n) is 4.26. The number of ether oxygens (including phenoxy) is 1. The lowest BCUT2D eigenvalue weighted by atomic mass is 10.2. The Hall–Kier alpha value is -0.810. The average Bonchev–Trinajstić information content (AvgIpc) is 3.08. The van der Waals surface area contributed by atoms with Crippen molar-refractivity contribution >= 4 is 29.1 Å². The van der Waals surface area contributed by atoms with Crippen molar-refractivity contribution in [1.82, 2.24) is 9.80 Å². The monoisotopic (exact) mass is 372 g/mol. The smallest absolute Gasteiger partial charge is 0.225 e. The normalized spacial score (nSPS) is 15.0. The summed E-state index contributed by atoms with van der Waals surface area (Å²) in [6, 6.07) is 5.54. The van der Waals surface area contributed by atoms with Crippen LogP contribution in [0.3, 0.4) is 0 Å². The van der Waals surface area contributed by atoms with E-state index in [-0.39, 0.29) is 5.91 Å². The van der Waals surface area contributed by atoms with Gasteiger partial charge in [-0.1, -0.05) is 29.3 Å². The van der Waals surface area contributed by atoms with Crippen LogP contribution >= 0.6 is 23.2 Å². The van der Waals surface area contributed by atoms with Crippen LogP contribution in [0.1, 0.15) is 31.7 Å². The molecule has 0 atom stereocenters. The van der Waals surface area contributed by atoms with Crippen LogP contribution in [0.5, 0.6) is 0 Å². The van der Waals surface area contributed by atoms with Crippen molar-refractivity contribution in [3.05, 3.63) is 33.8 Å². The summed E-state index contributed by atoms with van der Waals surface area (Å²) in [4.78, 5) is 16.9. The Balaban J connectivity index is 1.96. The van der Waals surface area contributed by atoms with Crippen molar-refractivity contribution in [3.63, 3.8) is 0 Å². The van der Waals surface area contributed by atoms with Gasteiger partial charge in [0.25, 0.3) is 0 Å². The number of carbonyl (C=O) groups is 1. The summed E-state index contributed by atoms with van der Waals surface area (Å²) in [6.07, 6.45) is 2.92. The topological polar surface area (TPSA) is 32.8 Å². The molecule has 0 radical (unpaired) electrons. The number of amides is 1. The highest BCUT2D eigenvalue weighted by atomic mass is 35.5. The SMILES string of the molecule is CCOCCC(=O)N(CCN1CCCC1)Cc1ccc(Cl)c(Cl)c1. The Bertz CT molecular complexity index is 534. The molecular formula is C18H26Cl2N2O2. The van der Waals surface area contributed by atoms with E-state index < -0.39 is 0 Å². The Morgan fingerprint density at radius 2 is 2.00 bits per heavy atom. The van der Waals surface area contributed by atoms with E-state index in [0.29, 0.717) is 36.2 Å². The van der Waals surface area contributed by atoms with Crippen LogP contribution in [-0.2, 0) is 16.1 Å². The zero-order valence-corrected chi connectivity index (χ0v) is 15.8. The van der Waals surface area contributed by atoms with Crippen LogP contribution in [-0.4, -0.2) is 55.1 Å². The maximum Gasteiger partial charge on any atom is 0.225 e. The van der Waals surface area contributed by atoms with Gasteiger partial charge in [0.15, 0.2) is 0 Å². The lowest BCUT2D eigenvalue weighted by Crippen LogP contribution is -2.38. The second-order valence-electron chi connectivity index (χ2n) is 6.06. The largest absolute Gasteiger partial charge is 0.381 e. The molecule has 0 bridgehead atoms. The highest BCUT2D eigenvalue weighted by Crippen LogP contribution is 2.23. The van der Waals surface area contributed by atoms with Crippen molar-refractivity contribution < 1.29 is 9.53 Å². The highest BCUT2D eigenvalue weighted by molar-refractivity contribution is 6.42. The number of halogens is 2. The van der Waals surface area contributed by atoms with Crippen LogP contribution in [0.2, 0.25) is 10.0 Å². The Kier molecular flexibility index (Phi) is 8.33. The Morgan fingerprint density at radius 1 is 1.25 bits per heavy atom. The van der Waals surface area contributed by atoms with Crippen molar-refractivity contribution in [1.29, 1.82) is 0 Å².